The third-order valence-corrected chi connectivity index (χ3v) is 4.73. The standard InChI is InChI=1S/C16H31N3O/c1-18-12-6-15(7-13-18)14-16(20)17-8-5-11-19-9-3-2-4-10-19/h15H,2-14H2,1H3,(H,17,20). The Morgan fingerprint density at radius 3 is 2.50 bits per heavy atom. The molecule has 0 aliphatic carbocycles. The highest BCUT2D eigenvalue weighted by atomic mass is 16.1. The SMILES string of the molecule is CN1CCC(CC(=O)NCCCN2CCCCC2)CC1. The van der Waals surface area contributed by atoms with Crippen LogP contribution in [0.2, 0.25) is 0 Å². The van der Waals surface area contributed by atoms with Crippen molar-refractivity contribution in [3.63, 3.8) is 0 Å². The van der Waals surface area contributed by atoms with Gasteiger partial charge in [0.05, 0.1) is 0 Å². The number of likely N-dealkylation sites (tertiary alicyclic amines) is 2. The van der Waals surface area contributed by atoms with Gasteiger partial charge in [0.25, 0.3) is 0 Å². The van der Waals surface area contributed by atoms with E-state index in [0.29, 0.717) is 5.92 Å². The molecule has 0 aromatic rings. The molecule has 1 amide bonds. The van der Waals surface area contributed by atoms with E-state index in [1.165, 1.54) is 45.2 Å². The minimum atomic E-state index is 0.262. The largest absolute Gasteiger partial charge is 0.356 e. The molecule has 4 nitrogen and oxygen atoms in total. The Balaban J connectivity index is 1.49. The average Bonchev–Trinajstić information content (AvgIpc) is 2.47. The van der Waals surface area contributed by atoms with Gasteiger partial charge in [0.2, 0.25) is 5.91 Å². The van der Waals surface area contributed by atoms with Crippen LogP contribution in [0.25, 0.3) is 0 Å². The second-order valence-corrected chi connectivity index (χ2v) is 6.56. The van der Waals surface area contributed by atoms with E-state index >= 15 is 0 Å². The second kappa shape index (κ2) is 8.63. The molecule has 2 rings (SSSR count). The van der Waals surface area contributed by atoms with Crippen LogP contribution in [0.4, 0.5) is 0 Å². The lowest BCUT2D eigenvalue weighted by Crippen LogP contribution is -2.35. The van der Waals surface area contributed by atoms with E-state index < -0.39 is 0 Å². The summed E-state index contributed by atoms with van der Waals surface area (Å²) in [5.41, 5.74) is 0. The normalized spacial score (nSPS) is 22.9. The predicted molar refractivity (Wildman–Crippen MR) is 82.8 cm³/mol. The summed E-state index contributed by atoms with van der Waals surface area (Å²) < 4.78 is 0. The van der Waals surface area contributed by atoms with Crippen LogP contribution in [-0.4, -0.2) is 62.0 Å². The molecule has 0 unspecified atom stereocenters. The zero-order valence-corrected chi connectivity index (χ0v) is 13.1. The number of hydrogen-bond donors (Lipinski definition) is 1. The molecule has 0 spiro atoms. The summed E-state index contributed by atoms with van der Waals surface area (Å²) in [4.78, 5) is 16.8. The smallest absolute Gasteiger partial charge is 0.220 e. The molecule has 20 heavy (non-hydrogen) atoms. The Hall–Kier alpha value is -0.610. The fourth-order valence-electron chi connectivity index (χ4n) is 3.31. The minimum absolute atomic E-state index is 0.262. The van der Waals surface area contributed by atoms with Crippen LogP contribution in [0.15, 0.2) is 0 Å². The predicted octanol–water partition coefficient (Wildman–Crippen LogP) is 1.71. The van der Waals surface area contributed by atoms with Crippen molar-refractivity contribution < 1.29 is 4.79 Å². The Labute approximate surface area is 123 Å². The molecule has 0 atom stereocenters. The molecular weight excluding hydrogens is 250 g/mol. The zero-order valence-electron chi connectivity index (χ0n) is 13.1. The minimum Gasteiger partial charge on any atom is -0.356 e. The van der Waals surface area contributed by atoms with E-state index in [1.807, 2.05) is 0 Å². The lowest BCUT2D eigenvalue weighted by Gasteiger charge is -2.28. The highest BCUT2D eigenvalue weighted by molar-refractivity contribution is 5.76. The molecule has 2 heterocycles. The third-order valence-electron chi connectivity index (χ3n) is 4.73. The summed E-state index contributed by atoms with van der Waals surface area (Å²) >= 11 is 0. The molecule has 0 radical (unpaired) electrons. The molecule has 0 saturated carbocycles. The highest BCUT2D eigenvalue weighted by Gasteiger charge is 2.19. The summed E-state index contributed by atoms with van der Waals surface area (Å²) in [5, 5.41) is 3.10. The van der Waals surface area contributed by atoms with E-state index in [0.717, 1.165) is 39.0 Å². The molecule has 0 aromatic heterocycles. The van der Waals surface area contributed by atoms with Crippen molar-refractivity contribution in [2.24, 2.45) is 5.92 Å². The number of carbonyl (C=O) groups is 1. The summed E-state index contributed by atoms with van der Waals surface area (Å²) in [5.74, 6) is 0.867. The monoisotopic (exact) mass is 281 g/mol. The van der Waals surface area contributed by atoms with E-state index in [2.05, 4.69) is 22.2 Å². The number of piperidine rings is 2. The number of nitrogens with zero attached hydrogens (tertiary/aromatic N) is 2. The summed E-state index contributed by atoms with van der Waals surface area (Å²) in [7, 11) is 2.16. The van der Waals surface area contributed by atoms with Gasteiger partial charge >= 0.3 is 0 Å². The number of amides is 1. The molecule has 0 aromatic carbocycles. The number of hydrogen-bond acceptors (Lipinski definition) is 3. The van der Waals surface area contributed by atoms with Crippen molar-refractivity contribution in [2.75, 3.05) is 46.3 Å². The van der Waals surface area contributed by atoms with Gasteiger partial charge in [-0.1, -0.05) is 6.42 Å². The van der Waals surface area contributed by atoms with Crippen molar-refractivity contribution in [1.29, 1.82) is 0 Å². The maximum atomic E-state index is 11.9. The fourth-order valence-corrected chi connectivity index (χ4v) is 3.31. The van der Waals surface area contributed by atoms with E-state index in [9.17, 15) is 4.79 Å². The van der Waals surface area contributed by atoms with E-state index in [-0.39, 0.29) is 5.91 Å². The molecule has 1 N–H and O–H groups in total. The molecule has 2 saturated heterocycles. The van der Waals surface area contributed by atoms with Gasteiger partial charge in [-0.15, -0.1) is 0 Å². The van der Waals surface area contributed by atoms with Gasteiger partial charge in [0.1, 0.15) is 0 Å². The molecule has 116 valence electrons. The van der Waals surface area contributed by atoms with Crippen molar-refractivity contribution in [2.45, 2.75) is 44.9 Å². The molecule has 0 bridgehead atoms. The molecule has 2 aliphatic heterocycles. The second-order valence-electron chi connectivity index (χ2n) is 6.56. The van der Waals surface area contributed by atoms with Crippen molar-refractivity contribution in [3.8, 4) is 0 Å². The first-order chi connectivity index (χ1) is 9.74. The average molecular weight is 281 g/mol. The van der Waals surface area contributed by atoms with Crippen LogP contribution < -0.4 is 5.32 Å². The Morgan fingerprint density at radius 2 is 1.80 bits per heavy atom. The van der Waals surface area contributed by atoms with E-state index in [1.54, 1.807) is 0 Å². The third kappa shape index (κ3) is 5.80. The van der Waals surface area contributed by atoms with E-state index in [4.69, 9.17) is 0 Å². The van der Waals surface area contributed by atoms with Gasteiger partial charge in [-0.05, 0) is 77.8 Å². The van der Waals surface area contributed by atoms with Crippen molar-refractivity contribution >= 4 is 5.91 Å². The number of carbonyl (C=O) groups excluding carboxylic acids is 1. The molecule has 4 heteroatoms. The first kappa shape index (κ1) is 15.8. The van der Waals surface area contributed by atoms with Gasteiger partial charge < -0.3 is 15.1 Å². The van der Waals surface area contributed by atoms with Crippen LogP contribution in [0.3, 0.4) is 0 Å². The van der Waals surface area contributed by atoms with Crippen LogP contribution in [0.1, 0.15) is 44.9 Å². The van der Waals surface area contributed by atoms with Gasteiger partial charge in [0.15, 0.2) is 0 Å². The Morgan fingerprint density at radius 1 is 1.10 bits per heavy atom. The van der Waals surface area contributed by atoms with Crippen molar-refractivity contribution in [3.05, 3.63) is 0 Å². The van der Waals surface area contributed by atoms with Crippen LogP contribution >= 0.6 is 0 Å². The molecule has 2 fully saturated rings. The zero-order chi connectivity index (χ0) is 14.2. The highest BCUT2D eigenvalue weighted by Crippen LogP contribution is 2.19. The van der Waals surface area contributed by atoms with Gasteiger partial charge in [-0.2, -0.15) is 0 Å². The van der Waals surface area contributed by atoms with Crippen molar-refractivity contribution in [1.82, 2.24) is 15.1 Å². The van der Waals surface area contributed by atoms with Crippen LogP contribution in [-0.2, 0) is 4.79 Å². The number of nitrogens with one attached hydrogen (secondary N) is 1. The molecule has 2 aliphatic rings. The fraction of sp³-hybridized carbons (Fsp3) is 0.938. The lowest BCUT2D eigenvalue weighted by atomic mass is 9.93. The maximum absolute atomic E-state index is 11.9. The Kier molecular flexibility index (Phi) is 6.80. The lowest BCUT2D eigenvalue weighted by molar-refractivity contribution is -0.122. The summed E-state index contributed by atoms with van der Waals surface area (Å²) in [6.45, 7) is 6.79. The first-order valence-electron chi connectivity index (χ1n) is 8.41. The maximum Gasteiger partial charge on any atom is 0.220 e. The number of rotatable bonds is 6. The van der Waals surface area contributed by atoms with Gasteiger partial charge in [-0.3, -0.25) is 4.79 Å². The van der Waals surface area contributed by atoms with Crippen LogP contribution in [0.5, 0.6) is 0 Å². The summed E-state index contributed by atoms with van der Waals surface area (Å²) in [6, 6.07) is 0. The summed E-state index contributed by atoms with van der Waals surface area (Å²) in [6.07, 6.45) is 8.28. The Bertz CT molecular complexity index is 281. The molecular formula is C16H31N3O. The van der Waals surface area contributed by atoms with Crippen LogP contribution in [0, 0.1) is 5.92 Å². The quantitative estimate of drug-likeness (QED) is 0.753. The van der Waals surface area contributed by atoms with Gasteiger partial charge in [-0.25, -0.2) is 0 Å². The first-order valence-corrected chi connectivity index (χ1v) is 8.41. The topological polar surface area (TPSA) is 35.6 Å². The van der Waals surface area contributed by atoms with Gasteiger partial charge in [0, 0.05) is 13.0 Å².